The van der Waals surface area contributed by atoms with Gasteiger partial charge in [-0.3, -0.25) is 4.79 Å². The van der Waals surface area contributed by atoms with Gasteiger partial charge in [-0.2, -0.15) is 5.10 Å². The van der Waals surface area contributed by atoms with E-state index in [0.29, 0.717) is 18.7 Å². The monoisotopic (exact) mass is 411 g/mol. The Morgan fingerprint density at radius 1 is 0.903 bits per heavy atom. The minimum Gasteiger partial charge on any atom is -0.439 e. The highest BCUT2D eigenvalue weighted by Gasteiger charge is 2.21. The largest absolute Gasteiger partial charge is 0.439 e. The second-order valence-corrected chi connectivity index (χ2v) is 7.16. The number of aryl methyl sites for hydroxylation is 1. The van der Waals surface area contributed by atoms with Crippen LogP contribution in [-0.4, -0.2) is 15.7 Å². The third-order valence-corrected chi connectivity index (χ3v) is 4.97. The lowest BCUT2D eigenvalue weighted by Gasteiger charge is -2.11. The van der Waals surface area contributed by atoms with Gasteiger partial charge < -0.3 is 10.1 Å². The van der Waals surface area contributed by atoms with Crippen LogP contribution in [0.3, 0.4) is 0 Å². The fourth-order valence-electron chi connectivity index (χ4n) is 3.45. The Bertz CT molecular complexity index is 1120. The van der Waals surface area contributed by atoms with Crippen LogP contribution in [0.5, 0.6) is 11.6 Å². The zero-order valence-corrected chi connectivity index (χ0v) is 17.5. The number of aromatic nitrogens is 2. The fraction of sp³-hybridized carbons (Fsp3) is 0.154. The van der Waals surface area contributed by atoms with E-state index in [4.69, 9.17) is 9.84 Å². The van der Waals surface area contributed by atoms with E-state index in [1.807, 2.05) is 95.7 Å². The Morgan fingerprint density at radius 2 is 1.52 bits per heavy atom. The van der Waals surface area contributed by atoms with E-state index in [1.165, 1.54) is 0 Å². The second-order valence-electron chi connectivity index (χ2n) is 7.16. The Hall–Kier alpha value is -3.86. The van der Waals surface area contributed by atoms with Crippen LogP contribution in [0.25, 0.3) is 5.69 Å². The van der Waals surface area contributed by atoms with Crippen LogP contribution < -0.4 is 10.1 Å². The lowest BCUT2D eigenvalue weighted by Crippen LogP contribution is -2.12. The van der Waals surface area contributed by atoms with Gasteiger partial charge >= 0.3 is 0 Å². The van der Waals surface area contributed by atoms with Gasteiger partial charge in [0.2, 0.25) is 11.8 Å². The zero-order valence-electron chi connectivity index (χ0n) is 17.5. The summed E-state index contributed by atoms with van der Waals surface area (Å²) in [6, 6.07) is 29.1. The summed E-state index contributed by atoms with van der Waals surface area (Å²) in [6.07, 6.45) is 1.63. The molecule has 0 aliphatic heterocycles. The molecule has 0 bridgehead atoms. The molecule has 0 radical (unpaired) electrons. The van der Waals surface area contributed by atoms with Gasteiger partial charge in [-0.15, -0.1) is 0 Å². The molecule has 5 nitrogen and oxygen atoms in total. The van der Waals surface area contributed by atoms with Crippen molar-refractivity contribution in [3.63, 3.8) is 0 Å². The first-order valence-corrected chi connectivity index (χ1v) is 10.5. The molecular formula is C26H25N3O2. The van der Waals surface area contributed by atoms with Crippen LogP contribution in [0.2, 0.25) is 0 Å². The van der Waals surface area contributed by atoms with Gasteiger partial charge in [0.05, 0.1) is 11.4 Å². The average molecular weight is 412 g/mol. The normalized spacial score (nSPS) is 10.6. The summed E-state index contributed by atoms with van der Waals surface area (Å²) in [6.45, 7) is 2.07. The smallest absolute Gasteiger partial charge is 0.226 e. The predicted molar refractivity (Wildman–Crippen MR) is 123 cm³/mol. The molecule has 0 aliphatic rings. The molecule has 3 aromatic carbocycles. The Kier molecular flexibility index (Phi) is 6.43. The van der Waals surface area contributed by atoms with Crippen molar-refractivity contribution in [1.82, 2.24) is 9.78 Å². The van der Waals surface area contributed by atoms with Crippen molar-refractivity contribution in [2.45, 2.75) is 26.2 Å². The molecule has 1 aromatic heterocycles. The maximum absolute atomic E-state index is 12.6. The SMILES string of the molecule is CCc1nn(-c2ccccc2)c(Oc2ccccc2)c1CCC(=O)Nc1ccccc1. The number of carbonyl (C=O) groups excluding carboxylic acids is 1. The summed E-state index contributed by atoms with van der Waals surface area (Å²) in [4.78, 5) is 12.6. The molecule has 0 fully saturated rings. The quantitative estimate of drug-likeness (QED) is 0.399. The standard InChI is InChI=1S/C26H25N3O2/c1-2-24-23(18-19-25(30)27-20-12-6-3-7-13-20)26(31-22-16-10-5-11-17-22)29(28-24)21-14-8-4-9-15-21/h3-17H,2,18-19H2,1H3,(H,27,30). The number of nitrogens with one attached hydrogen (secondary N) is 1. The zero-order chi connectivity index (χ0) is 21.5. The fourth-order valence-corrected chi connectivity index (χ4v) is 3.45. The summed E-state index contributed by atoms with van der Waals surface area (Å²) in [7, 11) is 0. The minimum absolute atomic E-state index is 0.0358. The summed E-state index contributed by atoms with van der Waals surface area (Å²) in [5.74, 6) is 1.35. The topological polar surface area (TPSA) is 56.2 Å². The maximum atomic E-state index is 12.6. The number of rotatable bonds is 8. The van der Waals surface area contributed by atoms with E-state index in [1.54, 1.807) is 0 Å². The van der Waals surface area contributed by atoms with E-state index in [2.05, 4.69) is 12.2 Å². The van der Waals surface area contributed by atoms with Crippen LogP contribution in [-0.2, 0) is 17.6 Å². The van der Waals surface area contributed by atoms with Crippen LogP contribution in [0.15, 0.2) is 91.0 Å². The number of benzene rings is 3. The van der Waals surface area contributed by atoms with Crippen molar-refractivity contribution in [3.8, 4) is 17.3 Å². The van der Waals surface area contributed by atoms with E-state index in [-0.39, 0.29) is 5.91 Å². The average Bonchev–Trinajstić information content (AvgIpc) is 3.17. The van der Waals surface area contributed by atoms with Crippen LogP contribution in [0.1, 0.15) is 24.6 Å². The van der Waals surface area contributed by atoms with Crippen molar-refractivity contribution in [2.24, 2.45) is 0 Å². The predicted octanol–water partition coefficient (Wildman–Crippen LogP) is 5.80. The Morgan fingerprint density at radius 3 is 2.16 bits per heavy atom. The molecule has 0 atom stereocenters. The Balaban J connectivity index is 1.63. The highest BCUT2D eigenvalue weighted by molar-refractivity contribution is 5.90. The van der Waals surface area contributed by atoms with Gasteiger partial charge in [-0.25, -0.2) is 4.68 Å². The summed E-state index contributed by atoms with van der Waals surface area (Å²) in [5, 5.41) is 7.77. The van der Waals surface area contributed by atoms with Crippen molar-refractivity contribution in [3.05, 3.63) is 102 Å². The van der Waals surface area contributed by atoms with Crippen molar-refractivity contribution in [2.75, 3.05) is 5.32 Å². The molecule has 5 heteroatoms. The number of para-hydroxylation sites is 3. The van der Waals surface area contributed by atoms with Gasteiger partial charge in [0.15, 0.2) is 0 Å². The van der Waals surface area contributed by atoms with Gasteiger partial charge in [0, 0.05) is 17.7 Å². The molecule has 4 rings (SSSR count). The summed E-state index contributed by atoms with van der Waals surface area (Å²) >= 11 is 0. The first-order valence-electron chi connectivity index (χ1n) is 10.5. The van der Waals surface area contributed by atoms with Crippen molar-refractivity contribution < 1.29 is 9.53 Å². The third kappa shape index (κ3) is 5.01. The van der Waals surface area contributed by atoms with Crippen molar-refractivity contribution in [1.29, 1.82) is 0 Å². The van der Waals surface area contributed by atoms with Gasteiger partial charge in [0.25, 0.3) is 0 Å². The lowest BCUT2D eigenvalue weighted by atomic mass is 10.1. The number of hydrogen-bond acceptors (Lipinski definition) is 3. The third-order valence-electron chi connectivity index (χ3n) is 4.97. The molecular weight excluding hydrogens is 386 g/mol. The molecule has 156 valence electrons. The molecule has 0 unspecified atom stereocenters. The summed E-state index contributed by atoms with van der Waals surface area (Å²) in [5.41, 5.74) is 3.60. The van der Waals surface area contributed by atoms with Gasteiger partial charge in [-0.1, -0.05) is 61.5 Å². The molecule has 1 N–H and O–H groups in total. The lowest BCUT2D eigenvalue weighted by molar-refractivity contribution is -0.116. The number of hydrogen-bond donors (Lipinski definition) is 1. The second kappa shape index (κ2) is 9.76. The first-order chi connectivity index (χ1) is 15.2. The molecule has 31 heavy (non-hydrogen) atoms. The van der Waals surface area contributed by atoms with E-state index >= 15 is 0 Å². The van der Waals surface area contributed by atoms with Crippen LogP contribution in [0, 0.1) is 0 Å². The van der Waals surface area contributed by atoms with Crippen LogP contribution in [0.4, 0.5) is 5.69 Å². The molecule has 0 saturated heterocycles. The highest BCUT2D eigenvalue weighted by Crippen LogP contribution is 2.32. The van der Waals surface area contributed by atoms with Gasteiger partial charge in [0.1, 0.15) is 5.75 Å². The van der Waals surface area contributed by atoms with Crippen LogP contribution >= 0.6 is 0 Å². The molecule has 4 aromatic rings. The Labute approximate surface area is 182 Å². The molecule has 1 amide bonds. The molecule has 0 saturated carbocycles. The number of amides is 1. The minimum atomic E-state index is -0.0358. The number of anilines is 1. The number of nitrogens with zero attached hydrogens (tertiary/aromatic N) is 2. The van der Waals surface area contributed by atoms with Gasteiger partial charge in [-0.05, 0) is 49.2 Å². The molecule has 1 heterocycles. The van der Waals surface area contributed by atoms with E-state index in [9.17, 15) is 4.79 Å². The van der Waals surface area contributed by atoms with E-state index in [0.717, 1.165) is 34.8 Å². The molecule has 0 spiro atoms. The molecule has 0 aliphatic carbocycles. The maximum Gasteiger partial charge on any atom is 0.226 e. The number of carbonyl (C=O) groups is 1. The van der Waals surface area contributed by atoms with Crippen molar-refractivity contribution >= 4 is 11.6 Å². The summed E-state index contributed by atoms with van der Waals surface area (Å²) < 4.78 is 8.13. The highest BCUT2D eigenvalue weighted by atomic mass is 16.5. The number of ether oxygens (including phenoxy) is 1. The van der Waals surface area contributed by atoms with E-state index < -0.39 is 0 Å². The first kappa shape index (κ1) is 20.4.